The SMILES string of the molecule is CC(C)c1ccccc1Nc1c(Cl)cc(N)cc1Cl. The summed E-state index contributed by atoms with van der Waals surface area (Å²) in [5.41, 5.74) is 9.16. The van der Waals surface area contributed by atoms with E-state index in [-0.39, 0.29) is 0 Å². The molecule has 100 valence electrons. The van der Waals surface area contributed by atoms with Crippen LogP contribution in [-0.4, -0.2) is 0 Å². The van der Waals surface area contributed by atoms with Gasteiger partial charge in [-0.15, -0.1) is 0 Å². The first-order chi connectivity index (χ1) is 8.99. The first kappa shape index (κ1) is 14.0. The summed E-state index contributed by atoms with van der Waals surface area (Å²) in [6.07, 6.45) is 0. The normalized spacial score (nSPS) is 10.8. The maximum atomic E-state index is 6.19. The van der Waals surface area contributed by atoms with Gasteiger partial charge in [0.1, 0.15) is 0 Å². The number of nitrogen functional groups attached to an aromatic ring is 1. The third-order valence-corrected chi connectivity index (χ3v) is 3.50. The van der Waals surface area contributed by atoms with Crippen LogP contribution in [0.2, 0.25) is 10.0 Å². The molecule has 0 heterocycles. The summed E-state index contributed by atoms with van der Waals surface area (Å²) in [4.78, 5) is 0. The Hall–Kier alpha value is -1.38. The van der Waals surface area contributed by atoms with E-state index in [0.717, 1.165) is 5.69 Å². The number of anilines is 3. The van der Waals surface area contributed by atoms with Gasteiger partial charge in [0.25, 0.3) is 0 Å². The number of hydrogen-bond acceptors (Lipinski definition) is 2. The van der Waals surface area contributed by atoms with Crippen molar-refractivity contribution in [3.05, 3.63) is 52.0 Å². The predicted molar refractivity (Wildman–Crippen MR) is 84.7 cm³/mol. The molecular formula is C15H16Cl2N2. The number of rotatable bonds is 3. The maximum absolute atomic E-state index is 6.19. The lowest BCUT2D eigenvalue weighted by Gasteiger charge is -2.16. The van der Waals surface area contributed by atoms with E-state index < -0.39 is 0 Å². The van der Waals surface area contributed by atoms with Crippen molar-refractivity contribution in [3.63, 3.8) is 0 Å². The Kier molecular flexibility index (Phi) is 4.23. The van der Waals surface area contributed by atoms with Crippen LogP contribution in [0.3, 0.4) is 0 Å². The molecule has 2 nitrogen and oxygen atoms in total. The van der Waals surface area contributed by atoms with Gasteiger partial charge < -0.3 is 11.1 Å². The molecule has 0 aliphatic heterocycles. The minimum atomic E-state index is 0.412. The highest BCUT2D eigenvalue weighted by molar-refractivity contribution is 6.39. The molecule has 0 unspecified atom stereocenters. The van der Waals surface area contributed by atoms with Gasteiger partial charge in [0.2, 0.25) is 0 Å². The van der Waals surface area contributed by atoms with Crippen LogP contribution in [0.1, 0.15) is 25.3 Å². The van der Waals surface area contributed by atoms with Gasteiger partial charge in [-0.2, -0.15) is 0 Å². The van der Waals surface area contributed by atoms with Crippen LogP contribution in [0.5, 0.6) is 0 Å². The van der Waals surface area contributed by atoms with Crippen molar-refractivity contribution in [2.24, 2.45) is 0 Å². The van der Waals surface area contributed by atoms with Crippen molar-refractivity contribution >= 4 is 40.3 Å². The highest BCUT2D eigenvalue weighted by Gasteiger charge is 2.11. The van der Waals surface area contributed by atoms with E-state index in [2.05, 4.69) is 25.2 Å². The Morgan fingerprint density at radius 3 is 2.21 bits per heavy atom. The molecule has 19 heavy (non-hydrogen) atoms. The van der Waals surface area contributed by atoms with E-state index in [1.165, 1.54) is 5.56 Å². The average Bonchev–Trinajstić information content (AvgIpc) is 2.34. The van der Waals surface area contributed by atoms with Crippen LogP contribution < -0.4 is 11.1 Å². The fourth-order valence-electron chi connectivity index (χ4n) is 1.96. The number of nitrogens with two attached hydrogens (primary N) is 1. The first-order valence-corrected chi connectivity index (χ1v) is 6.85. The molecule has 2 aromatic carbocycles. The second kappa shape index (κ2) is 5.72. The van der Waals surface area contributed by atoms with Gasteiger partial charge in [0.05, 0.1) is 15.7 Å². The van der Waals surface area contributed by atoms with Crippen molar-refractivity contribution < 1.29 is 0 Å². The van der Waals surface area contributed by atoms with Crippen molar-refractivity contribution in [1.82, 2.24) is 0 Å². The standard InChI is InChI=1S/C15H16Cl2N2/c1-9(2)11-5-3-4-6-14(11)19-15-12(16)7-10(18)8-13(15)17/h3-9,19H,18H2,1-2H3. The van der Waals surface area contributed by atoms with E-state index in [1.54, 1.807) is 12.1 Å². The lowest BCUT2D eigenvalue weighted by atomic mass is 10.0. The lowest BCUT2D eigenvalue weighted by Crippen LogP contribution is -1.99. The van der Waals surface area contributed by atoms with Crippen LogP contribution in [0.25, 0.3) is 0 Å². The van der Waals surface area contributed by atoms with Crippen LogP contribution >= 0.6 is 23.2 Å². The Labute approximate surface area is 123 Å². The Morgan fingerprint density at radius 1 is 1.05 bits per heavy atom. The summed E-state index contributed by atoms with van der Waals surface area (Å²) < 4.78 is 0. The van der Waals surface area contributed by atoms with Crippen molar-refractivity contribution in [2.75, 3.05) is 11.1 Å². The highest BCUT2D eigenvalue weighted by Crippen LogP contribution is 2.36. The molecule has 0 bridgehead atoms. The number of halogens is 2. The van der Waals surface area contributed by atoms with Crippen LogP contribution in [-0.2, 0) is 0 Å². The van der Waals surface area contributed by atoms with Crippen molar-refractivity contribution in [1.29, 1.82) is 0 Å². The molecule has 0 saturated carbocycles. The minimum Gasteiger partial charge on any atom is -0.399 e. The van der Waals surface area contributed by atoms with Gasteiger partial charge in [-0.05, 0) is 29.7 Å². The molecule has 0 aliphatic carbocycles. The van der Waals surface area contributed by atoms with Crippen LogP contribution in [0.15, 0.2) is 36.4 Å². The van der Waals surface area contributed by atoms with E-state index >= 15 is 0 Å². The zero-order valence-electron chi connectivity index (χ0n) is 10.9. The molecular weight excluding hydrogens is 279 g/mol. The summed E-state index contributed by atoms with van der Waals surface area (Å²) in [6.45, 7) is 4.29. The molecule has 0 aromatic heterocycles. The first-order valence-electron chi connectivity index (χ1n) is 6.09. The fourth-order valence-corrected chi connectivity index (χ4v) is 2.56. The van der Waals surface area contributed by atoms with Gasteiger partial charge in [-0.25, -0.2) is 0 Å². The molecule has 0 atom stereocenters. The quantitative estimate of drug-likeness (QED) is 0.740. The molecule has 0 spiro atoms. The lowest BCUT2D eigenvalue weighted by molar-refractivity contribution is 0.869. The molecule has 0 radical (unpaired) electrons. The minimum absolute atomic E-state index is 0.412. The van der Waals surface area contributed by atoms with Gasteiger partial charge >= 0.3 is 0 Å². The molecule has 2 aromatic rings. The summed E-state index contributed by atoms with van der Waals surface area (Å²) in [5, 5.41) is 4.33. The predicted octanol–water partition coefficient (Wildman–Crippen LogP) is 5.44. The Morgan fingerprint density at radius 2 is 1.63 bits per heavy atom. The highest BCUT2D eigenvalue weighted by atomic mass is 35.5. The number of para-hydroxylation sites is 1. The van der Waals surface area contributed by atoms with E-state index in [4.69, 9.17) is 28.9 Å². The molecule has 0 amide bonds. The molecule has 4 heteroatoms. The summed E-state index contributed by atoms with van der Waals surface area (Å²) >= 11 is 12.4. The molecule has 0 saturated heterocycles. The smallest absolute Gasteiger partial charge is 0.0764 e. The van der Waals surface area contributed by atoms with Crippen molar-refractivity contribution in [2.45, 2.75) is 19.8 Å². The van der Waals surface area contributed by atoms with Gasteiger partial charge in [0, 0.05) is 11.4 Å². The third kappa shape index (κ3) is 3.14. The Balaban J connectivity index is 2.42. The average molecular weight is 295 g/mol. The topological polar surface area (TPSA) is 38.0 Å². The Bertz CT molecular complexity index is 571. The van der Waals surface area contributed by atoms with Crippen LogP contribution in [0, 0.1) is 0 Å². The maximum Gasteiger partial charge on any atom is 0.0764 e. The molecule has 0 fully saturated rings. The second-order valence-corrected chi connectivity index (χ2v) is 5.54. The monoisotopic (exact) mass is 294 g/mol. The van der Waals surface area contributed by atoms with E-state index in [1.807, 2.05) is 18.2 Å². The van der Waals surface area contributed by atoms with Gasteiger partial charge in [-0.1, -0.05) is 55.2 Å². The number of benzene rings is 2. The third-order valence-electron chi connectivity index (χ3n) is 2.91. The van der Waals surface area contributed by atoms with Gasteiger partial charge in [-0.3, -0.25) is 0 Å². The van der Waals surface area contributed by atoms with Gasteiger partial charge in [0.15, 0.2) is 0 Å². The second-order valence-electron chi connectivity index (χ2n) is 4.73. The summed E-state index contributed by atoms with van der Waals surface area (Å²) in [5.74, 6) is 0.412. The number of hydrogen-bond donors (Lipinski definition) is 2. The zero-order chi connectivity index (χ0) is 14.0. The summed E-state index contributed by atoms with van der Waals surface area (Å²) in [7, 11) is 0. The molecule has 3 N–H and O–H groups in total. The van der Waals surface area contributed by atoms with E-state index in [9.17, 15) is 0 Å². The number of nitrogens with one attached hydrogen (secondary N) is 1. The largest absolute Gasteiger partial charge is 0.399 e. The molecule has 2 rings (SSSR count). The summed E-state index contributed by atoms with van der Waals surface area (Å²) in [6, 6.07) is 11.5. The fraction of sp³-hybridized carbons (Fsp3) is 0.200. The van der Waals surface area contributed by atoms with Crippen LogP contribution in [0.4, 0.5) is 17.1 Å². The molecule has 0 aliphatic rings. The van der Waals surface area contributed by atoms with E-state index in [0.29, 0.717) is 27.3 Å². The van der Waals surface area contributed by atoms with Crippen molar-refractivity contribution in [3.8, 4) is 0 Å². The zero-order valence-corrected chi connectivity index (χ0v) is 12.4.